The molecular weight excluding hydrogens is 240 g/mol. The van der Waals surface area contributed by atoms with Crippen LogP contribution in [-0.2, 0) is 0 Å². The van der Waals surface area contributed by atoms with Crippen molar-refractivity contribution in [2.45, 2.75) is 104 Å². The lowest BCUT2D eigenvalue weighted by molar-refractivity contribution is 0.146. The highest BCUT2D eigenvalue weighted by molar-refractivity contribution is 4.81. The molecule has 0 nitrogen and oxygen atoms in total. The predicted molar refractivity (Wildman–Crippen MR) is 89.9 cm³/mol. The zero-order valence-corrected chi connectivity index (χ0v) is 14.2. The van der Waals surface area contributed by atoms with Crippen molar-refractivity contribution >= 4 is 0 Å². The fraction of sp³-hybridized carbons (Fsp3) is 1.00. The number of hydrogen-bond acceptors (Lipinski definition) is 0. The van der Waals surface area contributed by atoms with Gasteiger partial charge in [0.05, 0.1) is 0 Å². The summed E-state index contributed by atoms with van der Waals surface area (Å²) in [5.41, 5.74) is 0. The van der Waals surface area contributed by atoms with Crippen LogP contribution < -0.4 is 0 Å². The normalized spacial score (nSPS) is 35.1. The van der Waals surface area contributed by atoms with Gasteiger partial charge in [0.1, 0.15) is 0 Å². The van der Waals surface area contributed by atoms with Gasteiger partial charge in [0.2, 0.25) is 0 Å². The van der Waals surface area contributed by atoms with Gasteiger partial charge in [0.15, 0.2) is 0 Å². The number of unbranched alkanes of at least 4 members (excludes halogenated alkanes) is 4. The molecule has 0 aromatic carbocycles. The van der Waals surface area contributed by atoms with Crippen LogP contribution in [0.5, 0.6) is 0 Å². The molecule has 2 aliphatic carbocycles. The van der Waals surface area contributed by atoms with Crippen LogP contribution in [0.4, 0.5) is 0 Å². The van der Waals surface area contributed by atoms with Crippen molar-refractivity contribution in [2.24, 2.45) is 23.7 Å². The van der Waals surface area contributed by atoms with E-state index in [1.54, 1.807) is 38.5 Å². The third kappa shape index (κ3) is 5.41. The van der Waals surface area contributed by atoms with Crippen molar-refractivity contribution in [3.05, 3.63) is 0 Å². The molecule has 2 saturated carbocycles. The monoisotopic (exact) mass is 278 g/mol. The summed E-state index contributed by atoms with van der Waals surface area (Å²) >= 11 is 0. The Morgan fingerprint density at radius 1 is 0.650 bits per heavy atom. The van der Waals surface area contributed by atoms with Gasteiger partial charge in [0, 0.05) is 0 Å². The first kappa shape index (κ1) is 16.4. The lowest BCUT2D eigenvalue weighted by Crippen LogP contribution is -2.25. The van der Waals surface area contributed by atoms with Crippen LogP contribution in [-0.4, -0.2) is 0 Å². The number of hydrogen-bond donors (Lipinski definition) is 0. The molecule has 0 amide bonds. The van der Waals surface area contributed by atoms with E-state index >= 15 is 0 Å². The molecule has 2 fully saturated rings. The van der Waals surface area contributed by atoms with Gasteiger partial charge < -0.3 is 0 Å². The fourth-order valence-electron chi connectivity index (χ4n) is 4.74. The average molecular weight is 279 g/mol. The maximum atomic E-state index is 2.45. The van der Waals surface area contributed by atoms with Crippen molar-refractivity contribution in [1.29, 1.82) is 0 Å². The molecule has 0 radical (unpaired) electrons. The van der Waals surface area contributed by atoms with Gasteiger partial charge in [-0.2, -0.15) is 0 Å². The summed E-state index contributed by atoms with van der Waals surface area (Å²) < 4.78 is 0. The van der Waals surface area contributed by atoms with Crippen LogP contribution in [0.2, 0.25) is 0 Å². The van der Waals surface area contributed by atoms with Gasteiger partial charge in [-0.3, -0.25) is 0 Å². The molecule has 0 unspecified atom stereocenters. The SMILES string of the molecule is CCCCCCCC1CCC(C2CCC(C)CC2)CC1. The first-order chi connectivity index (χ1) is 9.79. The minimum atomic E-state index is 1.02. The van der Waals surface area contributed by atoms with Crippen LogP contribution in [0.3, 0.4) is 0 Å². The van der Waals surface area contributed by atoms with E-state index in [4.69, 9.17) is 0 Å². The van der Waals surface area contributed by atoms with E-state index in [9.17, 15) is 0 Å². The second kappa shape index (κ2) is 9.11. The fourth-order valence-corrected chi connectivity index (χ4v) is 4.74. The summed E-state index contributed by atoms with van der Waals surface area (Å²) in [4.78, 5) is 0. The maximum absolute atomic E-state index is 2.45. The van der Waals surface area contributed by atoms with Crippen molar-refractivity contribution in [2.75, 3.05) is 0 Å². The van der Waals surface area contributed by atoms with Crippen molar-refractivity contribution in [3.8, 4) is 0 Å². The molecule has 0 heteroatoms. The van der Waals surface area contributed by atoms with E-state index in [1.807, 2.05) is 0 Å². The van der Waals surface area contributed by atoms with Gasteiger partial charge in [-0.25, -0.2) is 0 Å². The summed E-state index contributed by atoms with van der Waals surface area (Å²) in [5.74, 6) is 4.33. The smallest absolute Gasteiger partial charge is 0.0386 e. The molecule has 0 bridgehead atoms. The molecule has 0 aliphatic heterocycles. The zero-order chi connectivity index (χ0) is 14.2. The van der Waals surface area contributed by atoms with Crippen molar-refractivity contribution in [3.63, 3.8) is 0 Å². The number of rotatable bonds is 7. The standard InChI is InChI=1S/C20H38/c1-3-4-5-6-7-8-18-11-15-20(16-12-18)19-13-9-17(2)10-14-19/h17-20H,3-16H2,1-2H3. The quantitative estimate of drug-likeness (QED) is 0.441. The lowest BCUT2D eigenvalue weighted by atomic mass is 9.69. The Balaban J connectivity index is 1.55. The van der Waals surface area contributed by atoms with E-state index < -0.39 is 0 Å². The molecule has 0 aromatic rings. The summed E-state index contributed by atoms with van der Waals surface area (Å²) in [5, 5.41) is 0. The molecule has 2 rings (SSSR count). The van der Waals surface area contributed by atoms with Gasteiger partial charge in [-0.05, 0) is 49.4 Å². The van der Waals surface area contributed by atoms with Crippen molar-refractivity contribution in [1.82, 2.24) is 0 Å². The van der Waals surface area contributed by atoms with Crippen LogP contribution in [0.25, 0.3) is 0 Å². The molecule has 20 heavy (non-hydrogen) atoms. The summed E-state index contributed by atoms with van der Waals surface area (Å²) in [6.45, 7) is 4.76. The average Bonchev–Trinajstić information content (AvgIpc) is 2.49. The van der Waals surface area contributed by atoms with E-state index in [0.29, 0.717) is 0 Å². The first-order valence-corrected chi connectivity index (χ1v) is 9.79. The van der Waals surface area contributed by atoms with Gasteiger partial charge in [0.25, 0.3) is 0 Å². The van der Waals surface area contributed by atoms with Crippen LogP contribution in [0.15, 0.2) is 0 Å². The Morgan fingerprint density at radius 2 is 1.20 bits per heavy atom. The highest BCUT2D eigenvalue weighted by atomic mass is 14.3. The second-order valence-electron chi connectivity index (χ2n) is 8.00. The lowest BCUT2D eigenvalue weighted by Gasteiger charge is -2.37. The largest absolute Gasteiger partial charge is 0.0654 e. The summed E-state index contributed by atoms with van der Waals surface area (Å²) in [6.07, 6.45) is 21.2. The zero-order valence-electron chi connectivity index (χ0n) is 14.2. The highest BCUT2D eigenvalue weighted by Gasteiger charge is 2.29. The molecule has 2 aliphatic rings. The molecule has 0 atom stereocenters. The Bertz CT molecular complexity index is 228. The molecule has 0 heterocycles. The molecule has 118 valence electrons. The molecule has 0 saturated heterocycles. The van der Waals surface area contributed by atoms with E-state index in [1.165, 1.54) is 51.4 Å². The van der Waals surface area contributed by atoms with Gasteiger partial charge >= 0.3 is 0 Å². The Morgan fingerprint density at radius 3 is 1.80 bits per heavy atom. The van der Waals surface area contributed by atoms with Gasteiger partial charge in [-0.15, -0.1) is 0 Å². The van der Waals surface area contributed by atoms with Gasteiger partial charge in [-0.1, -0.05) is 78.1 Å². The van der Waals surface area contributed by atoms with Crippen LogP contribution >= 0.6 is 0 Å². The van der Waals surface area contributed by atoms with E-state index in [-0.39, 0.29) is 0 Å². The Labute approximate surface area is 128 Å². The van der Waals surface area contributed by atoms with Crippen molar-refractivity contribution < 1.29 is 0 Å². The molecule has 0 N–H and O–H groups in total. The Hall–Kier alpha value is 0. The third-order valence-corrected chi connectivity index (χ3v) is 6.33. The molecule has 0 spiro atoms. The summed E-state index contributed by atoms with van der Waals surface area (Å²) in [6, 6.07) is 0. The predicted octanol–water partition coefficient (Wildman–Crippen LogP) is 6.98. The second-order valence-corrected chi connectivity index (χ2v) is 8.00. The highest BCUT2D eigenvalue weighted by Crippen LogP contribution is 2.42. The maximum Gasteiger partial charge on any atom is -0.0386 e. The molecule has 0 aromatic heterocycles. The summed E-state index contributed by atoms with van der Waals surface area (Å²) in [7, 11) is 0. The molecular formula is C20H38. The Kier molecular flexibility index (Phi) is 7.45. The van der Waals surface area contributed by atoms with E-state index in [2.05, 4.69) is 13.8 Å². The third-order valence-electron chi connectivity index (χ3n) is 6.33. The topological polar surface area (TPSA) is 0 Å². The van der Waals surface area contributed by atoms with Crippen LogP contribution in [0.1, 0.15) is 104 Å². The minimum absolute atomic E-state index is 1.02. The first-order valence-electron chi connectivity index (χ1n) is 9.79. The van der Waals surface area contributed by atoms with Crippen LogP contribution in [0, 0.1) is 23.7 Å². The minimum Gasteiger partial charge on any atom is -0.0654 e. The van der Waals surface area contributed by atoms with E-state index in [0.717, 1.165) is 23.7 Å².